The van der Waals surface area contributed by atoms with E-state index in [0.29, 0.717) is 16.4 Å². The summed E-state index contributed by atoms with van der Waals surface area (Å²) in [5.41, 5.74) is 3.99. The van der Waals surface area contributed by atoms with Crippen molar-refractivity contribution in [2.24, 2.45) is 5.10 Å². The molecule has 1 amide bonds. The molecular formula is C17H15IN8O3S. The molecule has 1 aromatic heterocycles. The number of carbonyl (C=O) groups excluding carboxylic acids is 1. The third-order valence-corrected chi connectivity index (χ3v) is 5.27. The summed E-state index contributed by atoms with van der Waals surface area (Å²) >= 11 is 3.32. The molecule has 30 heavy (non-hydrogen) atoms. The first-order chi connectivity index (χ1) is 14.4. The van der Waals surface area contributed by atoms with E-state index in [1.807, 2.05) is 24.3 Å². The molecule has 13 heteroatoms. The number of carbonyl (C=O) groups is 1. The molecule has 1 heterocycles. The Bertz CT molecular complexity index is 1070. The van der Waals surface area contributed by atoms with Crippen molar-refractivity contribution in [1.29, 1.82) is 0 Å². The molecule has 2 aromatic carbocycles. The molecule has 0 unspecified atom stereocenters. The van der Waals surface area contributed by atoms with Gasteiger partial charge in [-0.05, 0) is 64.6 Å². The summed E-state index contributed by atoms with van der Waals surface area (Å²) in [6.07, 6.45) is 1.46. The first-order valence-electron chi connectivity index (χ1n) is 8.34. The maximum absolute atomic E-state index is 12.1. The van der Waals surface area contributed by atoms with Gasteiger partial charge in [-0.2, -0.15) is 5.10 Å². The van der Waals surface area contributed by atoms with Crippen molar-refractivity contribution < 1.29 is 9.72 Å². The van der Waals surface area contributed by atoms with Crippen LogP contribution in [0.15, 0.2) is 58.8 Å². The molecule has 0 fully saturated rings. The lowest BCUT2D eigenvalue weighted by atomic mass is 10.2. The molecule has 154 valence electrons. The Hall–Kier alpha value is -3.20. The van der Waals surface area contributed by atoms with Gasteiger partial charge in [-0.15, -0.1) is 10.2 Å². The number of hydrogen-bond donors (Lipinski definition) is 3. The number of nitrogens with one attached hydrogen (secondary N) is 2. The summed E-state index contributed by atoms with van der Waals surface area (Å²) in [5.74, 6) is 6.00. The molecule has 11 nitrogen and oxygen atoms in total. The Kier molecular flexibility index (Phi) is 7.18. The Morgan fingerprint density at radius 2 is 1.93 bits per heavy atom. The molecular weight excluding hydrogens is 523 g/mol. The third kappa shape index (κ3) is 5.90. The first kappa shape index (κ1) is 21.5. The number of nitrogens with two attached hydrogens (primary N) is 1. The molecule has 0 radical (unpaired) electrons. The molecule has 0 atom stereocenters. The molecule has 3 rings (SSSR count). The van der Waals surface area contributed by atoms with Crippen molar-refractivity contribution in [3.8, 4) is 0 Å². The molecule has 0 spiro atoms. The van der Waals surface area contributed by atoms with E-state index in [0.717, 1.165) is 15.3 Å². The molecule has 0 saturated carbocycles. The number of nitrogen functional groups attached to an aromatic ring is 1. The minimum absolute atomic E-state index is 0.00506. The Balaban J connectivity index is 1.51. The van der Waals surface area contributed by atoms with Gasteiger partial charge >= 0.3 is 0 Å². The fourth-order valence-electron chi connectivity index (χ4n) is 2.16. The summed E-state index contributed by atoms with van der Waals surface area (Å²) in [6.45, 7) is 0. The third-order valence-electron chi connectivity index (χ3n) is 3.61. The smallest absolute Gasteiger partial charge is 0.269 e. The lowest BCUT2D eigenvalue weighted by Crippen LogP contribution is -2.16. The van der Waals surface area contributed by atoms with Crippen molar-refractivity contribution in [1.82, 2.24) is 14.9 Å². The van der Waals surface area contributed by atoms with Crippen LogP contribution in [0.2, 0.25) is 0 Å². The molecule has 0 saturated heterocycles. The van der Waals surface area contributed by atoms with Gasteiger partial charge in [-0.1, -0.05) is 11.8 Å². The number of halogens is 1. The van der Waals surface area contributed by atoms with E-state index in [2.05, 4.69) is 48.6 Å². The average Bonchev–Trinajstić information content (AvgIpc) is 3.08. The van der Waals surface area contributed by atoms with Crippen LogP contribution in [0, 0.1) is 13.7 Å². The number of amides is 1. The fourth-order valence-corrected chi connectivity index (χ4v) is 3.17. The van der Waals surface area contributed by atoms with E-state index < -0.39 is 4.92 Å². The summed E-state index contributed by atoms with van der Waals surface area (Å²) in [6, 6.07) is 13.3. The van der Waals surface area contributed by atoms with Crippen LogP contribution in [0.4, 0.5) is 17.3 Å². The van der Waals surface area contributed by atoms with E-state index in [9.17, 15) is 14.9 Å². The van der Waals surface area contributed by atoms with Crippen LogP contribution in [0.5, 0.6) is 0 Å². The topological polar surface area (TPSA) is 153 Å². The normalized spacial score (nSPS) is 10.8. The summed E-state index contributed by atoms with van der Waals surface area (Å²) < 4.78 is 2.25. The van der Waals surface area contributed by atoms with Crippen molar-refractivity contribution >= 4 is 63.8 Å². The zero-order chi connectivity index (χ0) is 21.5. The largest absolute Gasteiger partial charge is 0.334 e. The summed E-state index contributed by atoms with van der Waals surface area (Å²) in [4.78, 5) is 22.2. The highest BCUT2D eigenvalue weighted by atomic mass is 127. The van der Waals surface area contributed by atoms with Crippen LogP contribution in [-0.2, 0) is 4.79 Å². The summed E-state index contributed by atoms with van der Waals surface area (Å²) in [7, 11) is 0. The highest BCUT2D eigenvalue weighted by Crippen LogP contribution is 2.18. The van der Waals surface area contributed by atoms with Gasteiger partial charge in [-0.25, -0.2) is 10.1 Å². The van der Waals surface area contributed by atoms with Crippen molar-refractivity contribution in [2.75, 3.05) is 22.3 Å². The Morgan fingerprint density at radius 1 is 1.23 bits per heavy atom. The predicted molar refractivity (Wildman–Crippen MR) is 123 cm³/mol. The number of aromatic nitrogens is 3. The van der Waals surface area contributed by atoms with Crippen molar-refractivity contribution in [3.05, 3.63) is 67.8 Å². The number of non-ortho nitro benzene ring substituents is 1. The van der Waals surface area contributed by atoms with Gasteiger partial charge in [0.1, 0.15) is 0 Å². The fraction of sp³-hybridized carbons (Fsp3) is 0.0588. The number of rotatable bonds is 8. The lowest BCUT2D eigenvalue weighted by Gasteiger charge is -2.05. The van der Waals surface area contributed by atoms with E-state index in [-0.39, 0.29) is 23.3 Å². The van der Waals surface area contributed by atoms with E-state index in [4.69, 9.17) is 5.84 Å². The highest BCUT2D eigenvalue weighted by molar-refractivity contribution is 14.1. The standard InChI is InChI=1S/C17H15IN8O3S/c18-12-3-5-13(6-4-12)21-15(27)10-30-17-24-23-16(25(17)19)22-20-9-11-1-7-14(8-2-11)26(28)29/h1-9H,10,19H2,(H,21,27)(H,22,23)/b20-9+. The number of hydrazone groups is 1. The van der Waals surface area contributed by atoms with Crippen LogP contribution >= 0.6 is 34.4 Å². The SMILES string of the molecule is Nn1c(N/N=C/c2ccc([N+](=O)[O-])cc2)nnc1SCC(=O)Nc1ccc(I)cc1. The number of benzene rings is 2. The van der Waals surface area contributed by atoms with Gasteiger partial charge < -0.3 is 11.2 Å². The number of nitro groups is 1. The highest BCUT2D eigenvalue weighted by Gasteiger charge is 2.12. The number of anilines is 2. The monoisotopic (exact) mass is 538 g/mol. The Labute approximate surface area is 188 Å². The number of nitro benzene ring substituents is 1. The quantitative estimate of drug-likeness (QED) is 0.0989. The van der Waals surface area contributed by atoms with E-state index in [1.165, 1.54) is 23.0 Å². The molecule has 0 aliphatic rings. The van der Waals surface area contributed by atoms with Gasteiger partial charge in [-0.3, -0.25) is 14.9 Å². The van der Waals surface area contributed by atoms with Crippen LogP contribution < -0.4 is 16.6 Å². The van der Waals surface area contributed by atoms with Crippen molar-refractivity contribution in [3.63, 3.8) is 0 Å². The number of nitrogens with zero attached hydrogens (tertiary/aromatic N) is 5. The predicted octanol–water partition coefficient (Wildman–Crippen LogP) is 2.68. The molecule has 4 N–H and O–H groups in total. The minimum Gasteiger partial charge on any atom is -0.334 e. The zero-order valence-electron chi connectivity index (χ0n) is 15.2. The zero-order valence-corrected chi connectivity index (χ0v) is 18.2. The second-order valence-corrected chi connectivity index (χ2v) is 7.93. The minimum atomic E-state index is -0.476. The van der Waals surface area contributed by atoms with Crippen LogP contribution in [0.3, 0.4) is 0 Å². The Morgan fingerprint density at radius 3 is 2.60 bits per heavy atom. The number of thioether (sulfide) groups is 1. The molecule has 0 aliphatic carbocycles. The van der Waals surface area contributed by atoms with Crippen LogP contribution in [-0.4, -0.2) is 37.7 Å². The van der Waals surface area contributed by atoms with Gasteiger partial charge in [0.15, 0.2) is 0 Å². The second-order valence-electron chi connectivity index (χ2n) is 5.74. The van der Waals surface area contributed by atoms with E-state index in [1.54, 1.807) is 12.1 Å². The van der Waals surface area contributed by atoms with Gasteiger partial charge in [0, 0.05) is 21.4 Å². The first-order valence-corrected chi connectivity index (χ1v) is 10.4. The molecule has 3 aromatic rings. The number of hydrogen-bond acceptors (Lipinski definition) is 9. The maximum Gasteiger partial charge on any atom is 0.269 e. The van der Waals surface area contributed by atoms with Crippen LogP contribution in [0.25, 0.3) is 0 Å². The van der Waals surface area contributed by atoms with E-state index >= 15 is 0 Å². The van der Waals surface area contributed by atoms with Gasteiger partial charge in [0.25, 0.3) is 11.6 Å². The maximum atomic E-state index is 12.1. The molecule has 0 aliphatic heterocycles. The average molecular weight is 538 g/mol. The summed E-state index contributed by atoms with van der Waals surface area (Å²) in [5, 5.41) is 25.6. The van der Waals surface area contributed by atoms with Crippen molar-refractivity contribution in [2.45, 2.75) is 5.16 Å². The molecule has 0 bridgehead atoms. The van der Waals surface area contributed by atoms with Crippen LogP contribution in [0.1, 0.15) is 5.56 Å². The second kappa shape index (κ2) is 10.0. The van der Waals surface area contributed by atoms with Gasteiger partial charge in [0.2, 0.25) is 11.1 Å². The lowest BCUT2D eigenvalue weighted by molar-refractivity contribution is -0.384. The van der Waals surface area contributed by atoms with Gasteiger partial charge in [0.05, 0.1) is 16.9 Å².